The van der Waals surface area contributed by atoms with E-state index in [2.05, 4.69) is 10.3 Å². The van der Waals surface area contributed by atoms with E-state index < -0.39 is 0 Å². The molecule has 0 radical (unpaired) electrons. The Labute approximate surface area is 196 Å². The molecule has 0 saturated carbocycles. The van der Waals surface area contributed by atoms with E-state index in [1.54, 1.807) is 13.2 Å². The van der Waals surface area contributed by atoms with Crippen molar-refractivity contribution in [2.45, 2.75) is 13.5 Å². The highest BCUT2D eigenvalue weighted by Gasteiger charge is 2.24. The van der Waals surface area contributed by atoms with Crippen molar-refractivity contribution in [3.05, 3.63) is 93.3 Å². The second-order valence-electron chi connectivity index (χ2n) is 7.06. The van der Waals surface area contributed by atoms with Crippen molar-refractivity contribution in [3.8, 4) is 11.5 Å². The van der Waals surface area contributed by atoms with Crippen LogP contribution in [0.5, 0.6) is 11.5 Å². The van der Waals surface area contributed by atoms with Gasteiger partial charge in [0, 0.05) is 10.6 Å². The van der Waals surface area contributed by atoms with Crippen molar-refractivity contribution in [1.29, 1.82) is 0 Å². The number of carbonyl (C=O) groups excluding carboxylic acids is 1. The monoisotopic (exact) mass is 464 g/mol. The number of hydrogen-bond acceptors (Lipinski definition) is 5. The van der Waals surface area contributed by atoms with E-state index in [1.807, 2.05) is 73.7 Å². The normalized spacial score (nSPS) is 15.8. The number of amidine groups is 1. The van der Waals surface area contributed by atoms with E-state index in [4.69, 9.17) is 21.1 Å². The molecule has 1 N–H and O–H groups in total. The number of nitrogens with zero attached hydrogens (tertiary/aromatic N) is 1. The zero-order valence-corrected chi connectivity index (χ0v) is 19.2. The molecule has 1 saturated heterocycles. The van der Waals surface area contributed by atoms with Crippen LogP contribution in [-0.4, -0.2) is 18.2 Å². The van der Waals surface area contributed by atoms with Crippen LogP contribution in [0.15, 0.2) is 76.6 Å². The van der Waals surface area contributed by atoms with E-state index >= 15 is 0 Å². The first-order valence-corrected chi connectivity index (χ1v) is 11.1. The molecule has 0 atom stereocenters. The fourth-order valence-electron chi connectivity index (χ4n) is 3.09. The number of amides is 1. The van der Waals surface area contributed by atoms with Gasteiger partial charge in [-0.05, 0) is 60.2 Å². The Morgan fingerprint density at radius 3 is 2.62 bits per heavy atom. The van der Waals surface area contributed by atoms with Crippen LogP contribution in [0.4, 0.5) is 5.69 Å². The highest BCUT2D eigenvalue weighted by molar-refractivity contribution is 8.18. The Hall–Kier alpha value is -3.22. The van der Waals surface area contributed by atoms with Crippen molar-refractivity contribution >= 4 is 46.2 Å². The first-order chi connectivity index (χ1) is 15.5. The van der Waals surface area contributed by atoms with E-state index in [9.17, 15) is 4.79 Å². The summed E-state index contributed by atoms with van der Waals surface area (Å²) in [4.78, 5) is 17.5. The van der Waals surface area contributed by atoms with Crippen molar-refractivity contribution in [2.24, 2.45) is 4.99 Å². The van der Waals surface area contributed by atoms with Crippen LogP contribution in [0.25, 0.3) is 6.08 Å². The lowest BCUT2D eigenvalue weighted by molar-refractivity contribution is -0.115. The SMILES string of the molecule is COc1cc(C=C2SC(=Nc3ccccc3C)NC2=O)ccc1OCc1ccccc1Cl. The summed E-state index contributed by atoms with van der Waals surface area (Å²) in [6.45, 7) is 2.31. The summed E-state index contributed by atoms with van der Waals surface area (Å²) in [7, 11) is 1.58. The molecule has 0 aliphatic carbocycles. The quantitative estimate of drug-likeness (QED) is 0.446. The van der Waals surface area contributed by atoms with Gasteiger partial charge in [0.1, 0.15) is 6.61 Å². The van der Waals surface area contributed by atoms with Crippen LogP contribution in [-0.2, 0) is 11.4 Å². The Kier molecular flexibility index (Phi) is 6.83. The number of nitrogens with one attached hydrogen (secondary N) is 1. The van der Waals surface area contributed by atoms with Gasteiger partial charge in [-0.3, -0.25) is 4.79 Å². The number of ether oxygens (including phenoxy) is 2. The zero-order chi connectivity index (χ0) is 22.5. The van der Waals surface area contributed by atoms with Crippen LogP contribution >= 0.6 is 23.4 Å². The second kappa shape index (κ2) is 9.94. The maximum absolute atomic E-state index is 12.4. The summed E-state index contributed by atoms with van der Waals surface area (Å²) < 4.78 is 11.4. The predicted octanol–water partition coefficient (Wildman–Crippen LogP) is 6.13. The van der Waals surface area contributed by atoms with E-state index in [0.29, 0.717) is 33.2 Å². The maximum atomic E-state index is 12.4. The highest BCUT2D eigenvalue weighted by Crippen LogP contribution is 2.33. The number of para-hydroxylation sites is 1. The van der Waals surface area contributed by atoms with Gasteiger partial charge < -0.3 is 14.8 Å². The summed E-state index contributed by atoms with van der Waals surface area (Å²) >= 11 is 7.51. The van der Waals surface area contributed by atoms with Crippen molar-refractivity contribution in [3.63, 3.8) is 0 Å². The van der Waals surface area contributed by atoms with Gasteiger partial charge in [0.25, 0.3) is 5.91 Å². The Bertz CT molecular complexity index is 1220. The van der Waals surface area contributed by atoms with Crippen LogP contribution in [0.2, 0.25) is 5.02 Å². The topological polar surface area (TPSA) is 59.9 Å². The van der Waals surface area contributed by atoms with Gasteiger partial charge in [-0.15, -0.1) is 0 Å². The first-order valence-electron chi connectivity index (χ1n) is 9.93. The number of aryl methyl sites for hydroxylation is 1. The number of aliphatic imine (C=N–C) groups is 1. The Balaban J connectivity index is 1.51. The third-order valence-electron chi connectivity index (χ3n) is 4.81. The fraction of sp³-hybridized carbons (Fsp3) is 0.120. The first kappa shape index (κ1) is 22.0. The minimum Gasteiger partial charge on any atom is -0.493 e. The third kappa shape index (κ3) is 5.15. The van der Waals surface area contributed by atoms with Gasteiger partial charge in [-0.2, -0.15) is 0 Å². The summed E-state index contributed by atoms with van der Waals surface area (Å²) in [6, 6.07) is 20.9. The molecule has 3 aromatic carbocycles. The number of hydrogen-bond donors (Lipinski definition) is 1. The molecule has 3 aromatic rings. The van der Waals surface area contributed by atoms with Crippen LogP contribution in [0, 0.1) is 6.92 Å². The van der Waals surface area contributed by atoms with Crippen molar-refractivity contribution in [1.82, 2.24) is 5.32 Å². The molecule has 1 aliphatic rings. The number of carbonyl (C=O) groups is 1. The summed E-state index contributed by atoms with van der Waals surface area (Å²) in [5, 5.41) is 4.03. The average molecular weight is 465 g/mol. The minimum atomic E-state index is -0.180. The van der Waals surface area contributed by atoms with Crippen molar-refractivity contribution in [2.75, 3.05) is 7.11 Å². The number of benzene rings is 3. The van der Waals surface area contributed by atoms with Crippen LogP contribution in [0.3, 0.4) is 0 Å². The molecule has 1 amide bonds. The lowest BCUT2D eigenvalue weighted by atomic mass is 10.2. The van der Waals surface area contributed by atoms with Crippen LogP contribution in [0.1, 0.15) is 16.7 Å². The number of methoxy groups -OCH3 is 1. The predicted molar refractivity (Wildman–Crippen MR) is 131 cm³/mol. The standard InChI is InChI=1S/C25H21ClN2O3S/c1-16-7-3-6-10-20(16)27-25-28-24(29)23(32-25)14-17-11-12-21(22(13-17)30-2)31-15-18-8-4-5-9-19(18)26/h3-14H,15H2,1-2H3,(H,27,28,29). The Morgan fingerprint density at radius 2 is 1.84 bits per heavy atom. The lowest BCUT2D eigenvalue weighted by Gasteiger charge is -2.12. The molecule has 5 nitrogen and oxygen atoms in total. The molecule has 0 unspecified atom stereocenters. The second-order valence-corrected chi connectivity index (χ2v) is 8.50. The van der Waals surface area contributed by atoms with Gasteiger partial charge in [-0.25, -0.2) is 4.99 Å². The summed E-state index contributed by atoms with van der Waals surface area (Å²) in [6.07, 6.45) is 1.81. The molecule has 1 heterocycles. The third-order valence-corrected chi connectivity index (χ3v) is 6.09. The molecule has 1 fully saturated rings. The van der Waals surface area contributed by atoms with Gasteiger partial charge in [0.15, 0.2) is 16.7 Å². The summed E-state index contributed by atoms with van der Waals surface area (Å²) in [5.74, 6) is 0.990. The van der Waals surface area contributed by atoms with Crippen LogP contribution < -0.4 is 14.8 Å². The van der Waals surface area contributed by atoms with Gasteiger partial charge in [-0.1, -0.05) is 54.1 Å². The fourth-order valence-corrected chi connectivity index (χ4v) is 4.12. The molecule has 7 heteroatoms. The minimum absolute atomic E-state index is 0.180. The van der Waals surface area contributed by atoms with Gasteiger partial charge >= 0.3 is 0 Å². The molecule has 4 rings (SSSR count). The average Bonchev–Trinajstić information content (AvgIpc) is 3.13. The highest BCUT2D eigenvalue weighted by atomic mass is 35.5. The lowest BCUT2D eigenvalue weighted by Crippen LogP contribution is -2.19. The van der Waals surface area contributed by atoms with Gasteiger partial charge in [0.05, 0.1) is 17.7 Å². The molecule has 1 aliphatic heterocycles. The molecular formula is C25H21ClN2O3S. The van der Waals surface area contributed by atoms with Gasteiger partial charge in [0.2, 0.25) is 0 Å². The van der Waals surface area contributed by atoms with E-state index in [0.717, 1.165) is 22.4 Å². The molecular weight excluding hydrogens is 444 g/mol. The maximum Gasteiger partial charge on any atom is 0.264 e. The number of halogens is 1. The van der Waals surface area contributed by atoms with E-state index in [-0.39, 0.29) is 5.91 Å². The largest absolute Gasteiger partial charge is 0.493 e. The molecule has 32 heavy (non-hydrogen) atoms. The van der Waals surface area contributed by atoms with E-state index in [1.165, 1.54) is 11.8 Å². The zero-order valence-electron chi connectivity index (χ0n) is 17.6. The Morgan fingerprint density at radius 1 is 1.06 bits per heavy atom. The molecule has 0 bridgehead atoms. The van der Waals surface area contributed by atoms with Crippen molar-refractivity contribution < 1.29 is 14.3 Å². The molecule has 0 aromatic heterocycles. The molecule has 0 spiro atoms. The smallest absolute Gasteiger partial charge is 0.264 e. The summed E-state index contributed by atoms with van der Waals surface area (Å²) in [5.41, 5.74) is 3.59. The number of rotatable bonds is 6. The number of thioether (sulfide) groups is 1. The molecule has 162 valence electrons.